The molecule has 0 saturated carbocycles. The molecule has 128 valence electrons. The van der Waals surface area contributed by atoms with E-state index in [9.17, 15) is 4.79 Å². The van der Waals surface area contributed by atoms with Crippen molar-refractivity contribution in [1.82, 2.24) is 14.9 Å². The fourth-order valence-corrected chi connectivity index (χ4v) is 2.86. The van der Waals surface area contributed by atoms with Gasteiger partial charge in [-0.25, -0.2) is 4.98 Å². The van der Waals surface area contributed by atoms with Crippen LogP contribution in [0, 0.1) is 6.92 Å². The van der Waals surface area contributed by atoms with E-state index < -0.39 is 0 Å². The third-order valence-corrected chi connectivity index (χ3v) is 4.35. The molecule has 2 aromatic carbocycles. The number of hydrogen-bond donors (Lipinski definition) is 1. The minimum atomic E-state index is 0.0291. The Morgan fingerprint density at radius 2 is 1.80 bits per heavy atom. The van der Waals surface area contributed by atoms with Gasteiger partial charge >= 0.3 is 0 Å². The molecule has 0 unspecified atom stereocenters. The van der Waals surface area contributed by atoms with Gasteiger partial charge in [-0.3, -0.25) is 4.79 Å². The second-order valence-electron chi connectivity index (χ2n) is 6.10. The Morgan fingerprint density at radius 1 is 1.08 bits per heavy atom. The molecule has 4 heteroatoms. The summed E-state index contributed by atoms with van der Waals surface area (Å²) in [6.07, 6.45) is 5.13. The summed E-state index contributed by atoms with van der Waals surface area (Å²) >= 11 is 0. The van der Waals surface area contributed by atoms with Crippen molar-refractivity contribution in [2.75, 3.05) is 0 Å². The first-order valence-electron chi connectivity index (χ1n) is 8.60. The molecular formula is C21H23N3O. The lowest BCUT2D eigenvalue weighted by Crippen LogP contribution is -2.25. The van der Waals surface area contributed by atoms with Crippen LogP contribution in [-0.2, 0) is 24.2 Å². The predicted octanol–water partition coefficient (Wildman–Crippen LogP) is 3.60. The van der Waals surface area contributed by atoms with E-state index in [1.807, 2.05) is 54.1 Å². The smallest absolute Gasteiger partial charge is 0.224 e. The second kappa shape index (κ2) is 7.79. The topological polar surface area (TPSA) is 46.9 Å². The Labute approximate surface area is 148 Å². The maximum absolute atomic E-state index is 12.3. The number of nitrogens with zero attached hydrogens (tertiary/aromatic N) is 2. The van der Waals surface area contributed by atoms with E-state index >= 15 is 0 Å². The molecule has 25 heavy (non-hydrogen) atoms. The van der Waals surface area contributed by atoms with Crippen molar-refractivity contribution in [3.05, 3.63) is 83.4 Å². The van der Waals surface area contributed by atoms with Crippen molar-refractivity contribution in [2.45, 2.75) is 33.2 Å². The number of para-hydroxylation sites is 1. The quantitative estimate of drug-likeness (QED) is 0.749. The SMILES string of the molecule is CCc1ccc(CC(=O)NCc2ccccc2-n2ccnc2C)cc1. The Kier molecular flexibility index (Phi) is 5.29. The molecule has 0 spiro atoms. The number of aryl methyl sites for hydroxylation is 2. The van der Waals surface area contributed by atoms with E-state index in [-0.39, 0.29) is 5.91 Å². The van der Waals surface area contributed by atoms with Crippen LogP contribution in [0.15, 0.2) is 60.9 Å². The minimum absolute atomic E-state index is 0.0291. The maximum Gasteiger partial charge on any atom is 0.224 e. The molecule has 3 aromatic rings. The first-order valence-corrected chi connectivity index (χ1v) is 8.60. The molecule has 1 N–H and O–H groups in total. The summed E-state index contributed by atoms with van der Waals surface area (Å²) in [4.78, 5) is 16.5. The van der Waals surface area contributed by atoms with Gasteiger partial charge in [-0.1, -0.05) is 49.4 Å². The molecule has 0 radical (unpaired) electrons. The van der Waals surface area contributed by atoms with Crippen LogP contribution in [0.2, 0.25) is 0 Å². The summed E-state index contributed by atoms with van der Waals surface area (Å²) in [7, 11) is 0. The molecular weight excluding hydrogens is 310 g/mol. The molecule has 1 heterocycles. The number of aromatic nitrogens is 2. The van der Waals surface area contributed by atoms with Gasteiger partial charge < -0.3 is 9.88 Å². The van der Waals surface area contributed by atoms with Gasteiger partial charge in [0.05, 0.1) is 12.1 Å². The first kappa shape index (κ1) is 17.0. The van der Waals surface area contributed by atoms with Gasteiger partial charge in [-0.15, -0.1) is 0 Å². The number of amides is 1. The van der Waals surface area contributed by atoms with Crippen LogP contribution >= 0.6 is 0 Å². The number of hydrogen-bond acceptors (Lipinski definition) is 2. The highest BCUT2D eigenvalue weighted by Crippen LogP contribution is 2.16. The molecule has 4 nitrogen and oxygen atoms in total. The Balaban J connectivity index is 1.65. The van der Waals surface area contributed by atoms with Gasteiger partial charge in [0.2, 0.25) is 5.91 Å². The summed E-state index contributed by atoms with van der Waals surface area (Å²) in [5.74, 6) is 0.955. The molecule has 3 rings (SSSR count). The molecule has 0 aliphatic heterocycles. The molecule has 1 amide bonds. The number of carbonyl (C=O) groups is 1. The number of imidazole rings is 1. The highest BCUT2D eigenvalue weighted by atomic mass is 16.1. The zero-order valence-corrected chi connectivity index (χ0v) is 14.7. The number of rotatable bonds is 6. The van der Waals surface area contributed by atoms with Crippen LogP contribution in [0.3, 0.4) is 0 Å². The summed E-state index contributed by atoms with van der Waals surface area (Å²) in [6, 6.07) is 16.3. The molecule has 0 atom stereocenters. The van der Waals surface area contributed by atoms with Crippen molar-refractivity contribution >= 4 is 5.91 Å². The van der Waals surface area contributed by atoms with Crippen LogP contribution in [0.4, 0.5) is 0 Å². The molecule has 0 bridgehead atoms. The molecule has 0 saturated heterocycles. The van der Waals surface area contributed by atoms with E-state index in [0.717, 1.165) is 29.1 Å². The maximum atomic E-state index is 12.3. The van der Waals surface area contributed by atoms with Gasteiger partial charge in [0, 0.05) is 18.9 Å². The summed E-state index contributed by atoms with van der Waals surface area (Å²) in [5.41, 5.74) is 4.44. The van der Waals surface area contributed by atoms with Crippen LogP contribution in [0.5, 0.6) is 0 Å². The number of benzene rings is 2. The molecule has 1 aromatic heterocycles. The Bertz CT molecular complexity index is 850. The van der Waals surface area contributed by atoms with Crippen LogP contribution in [0.25, 0.3) is 5.69 Å². The van der Waals surface area contributed by atoms with E-state index in [2.05, 4.69) is 29.4 Å². The highest BCUT2D eigenvalue weighted by molar-refractivity contribution is 5.78. The first-order chi connectivity index (χ1) is 12.2. The third-order valence-electron chi connectivity index (χ3n) is 4.35. The van der Waals surface area contributed by atoms with E-state index in [1.54, 1.807) is 6.20 Å². The minimum Gasteiger partial charge on any atom is -0.352 e. The van der Waals surface area contributed by atoms with Crippen molar-refractivity contribution in [3.8, 4) is 5.69 Å². The van der Waals surface area contributed by atoms with Crippen molar-refractivity contribution in [1.29, 1.82) is 0 Å². The van der Waals surface area contributed by atoms with Gasteiger partial charge in [-0.2, -0.15) is 0 Å². The highest BCUT2D eigenvalue weighted by Gasteiger charge is 2.08. The van der Waals surface area contributed by atoms with Crippen molar-refractivity contribution < 1.29 is 4.79 Å². The van der Waals surface area contributed by atoms with E-state index in [4.69, 9.17) is 0 Å². The van der Waals surface area contributed by atoms with Gasteiger partial charge in [0.1, 0.15) is 5.82 Å². The van der Waals surface area contributed by atoms with Crippen LogP contribution < -0.4 is 5.32 Å². The summed E-state index contributed by atoms with van der Waals surface area (Å²) in [5, 5.41) is 3.03. The zero-order valence-electron chi connectivity index (χ0n) is 14.7. The number of nitrogens with one attached hydrogen (secondary N) is 1. The zero-order chi connectivity index (χ0) is 17.6. The van der Waals surface area contributed by atoms with Crippen LogP contribution in [0.1, 0.15) is 29.4 Å². The fourth-order valence-electron chi connectivity index (χ4n) is 2.86. The average molecular weight is 333 g/mol. The van der Waals surface area contributed by atoms with Gasteiger partial charge in [0.25, 0.3) is 0 Å². The normalized spacial score (nSPS) is 10.6. The van der Waals surface area contributed by atoms with E-state index in [0.29, 0.717) is 13.0 Å². The summed E-state index contributed by atoms with van der Waals surface area (Å²) in [6.45, 7) is 4.59. The molecule has 0 fully saturated rings. The molecule has 0 aliphatic rings. The summed E-state index contributed by atoms with van der Waals surface area (Å²) < 4.78 is 2.03. The van der Waals surface area contributed by atoms with Crippen molar-refractivity contribution in [2.24, 2.45) is 0 Å². The van der Waals surface area contributed by atoms with Gasteiger partial charge in [0.15, 0.2) is 0 Å². The largest absolute Gasteiger partial charge is 0.352 e. The number of carbonyl (C=O) groups excluding carboxylic acids is 1. The average Bonchev–Trinajstić information content (AvgIpc) is 3.06. The third kappa shape index (κ3) is 4.15. The second-order valence-corrected chi connectivity index (χ2v) is 6.10. The lowest BCUT2D eigenvalue weighted by Gasteiger charge is -2.13. The monoisotopic (exact) mass is 333 g/mol. The lowest BCUT2D eigenvalue weighted by atomic mass is 10.1. The van der Waals surface area contributed by atoms with Crippen molar-refractivity contribution in [3.63, 3.8) is 0 Å². The fraction of sp³-hybridized carbons (Fsp3) is 0.238. The lowest BCUT2D eigenvalue weighted by molar-refractivity contribution is -0.120. The molecule has 0 aliphatic carbocycles. The Hall–Kier alpha value is -2.88. The Morgan fingerprint density at radius 3 is 2.48 bits per heavy atom. The van der Waals surface area contributed by atoms with E-state index in [1.165, 1.54) is 5.56 Å². The van der Waals surface area contributed by atoms with Crippen LogP contribution in [-0.4, -0.2) is 15.5 Å². The standard InChI is InChI=1S/C21H23N3O/c1-3-17-8-10-18(11-9-17)14-21(25)23-15-19-6-4-5-7-20(19)24-13-12-22-16(24)2/h4-13H,3,14-15H2,1-2H3,(H,23,25). The predicted molar refractivity (Wildman–Crippen MR) is 99.7 cm³/mol. The van der Waals surface area contributed by atoms with Gasteiger partial charge in [-0.05, 0) is 36.1 Å².